The number of hydrogen-bond donors (Lipinski definition) is 1. The molecule has 1 atom stereocenters. The van der Waals surface area contributed by atoms with Gasteiger partial charge in [0.05, 0.1) is 24.1 Å². The van der Waals surface area contributed by atoms with Crippen LogP contribution in [0.2, 0.25) is 0 Å². The van der Waals surface area contributed by atoms with Gasteiger partial charge in [-0.05, 0) is 23.6 Å². The fraction of sp³-hybridized carbons (Fsp3) is 0.174. The van der Waals surface area contributed by atoms with Crippen LogP contribution >= 0.6 is 0 Å². The minimum atomic E-state index is -0.530. The number of methoxy groups -OCH3 is 1. The third-order valence-corrected chi connectivity index (χ3v) is 4.54. The zero-order chi connectivity index (χ0) is 21.3. The molecule has 3 aromatic carbocycles. The van der Waals surface area contributed by atoms with Gasteiger partial charge in [-0.2, -0.15) is 0 Å². The number of nitrogens with zero attached hydrogens (tertiary/aromatic N) is 1. The number of benzene rings is 3. The van der Waals surface area contributed by atoms with Gasteiger partial charge in [-0.25, -0.2) is 0 Å². The molecule has 0 saturated carbocycles. The summed E-state index contributed by atoms with van der Waals surface area (Å²) in [5.74, 6) is 0.117. The summed E-state index contributed by atoms with van der Waals surface area (Å²) in [6, 6.07) is 23.3. The zero-order valence-electron chi connectivity index (χ0n) is 16.5. The summed E-state index contributed by atoms with van der Waals surface area (Å²) < 4.78 is 10.7. The number of nitro groups is 1. The highest BCUT2D eigenvalue weighted by Crippen LogP contribution is 2.31. The molecular formula is C23H22N2O5. The van der Waals surface area contributed by atoms with Gasteiger partial charge >= 0.3 is 0 Å². The van der Waals surface area contributed by atoms with Gasteiger partial charge in [0.1, 0.15) is 0 Å². The summed E-state index contributed by atoms with van der Waals surface area (Å²) in [5.41, 5.74) is 1.92. The number of carbonyl (C=O) groups excluding carboxylic acids is 1. The van der Waals surface area contributed by atoms with Gasteiger partial charge in [0.15, 0.2) is 18.1 Å². The molecule has 0 heterocycles. The third kappa shape index (κ3) is 5.57. The summed E-state index contributed by atoms with van der Waals surface area (Å²) in [5, 5.41) is 14.0. The SMILES string of the molecule is COc1ccc([N+](=O)[O-])cc1OCC(=O)N[C@@H](Cc1ccccc1)c1ccccc1. The Labute approximate surface area is 174 Å². The standard InChI is InChI=1S/C23H22N2O5/c1-29-21-13-12-19(25(27)28)15-22(21)30-16-23(26)24-20(18-10-6-3-7-11-18)14-17-8-4-2-5-9-17/h2-13,15,20H,14,16H2,1H3,(H,24,26)/t20-/m0/s1. The minimum Gasteiger partial charge on any atom is -0.493 e. The van der Waals surface area contributed by atoms with Crippen LogP contribution in [0.25, 0.3) is 0 Å². The number of amides is 1. The molecule has 0 aliphatic heterocycles. The highest BCUT2D eigenvalue weighted by Gasteiger charge is 2.17. The van der Waals surface area contributed by atoms with E-state index in [0.29, 0.717) is 12.2 Å². The summed E-state index contributed by atoms with van der Waals surface area (Å²) >= 11 is 0. The van der Waals surface area contributed by atoms with Gasteiger partial charge in [0.2, 0.25) is 0 Å². The average Bonchev–Trinajstić information content (AvgIpc) is 2.78. The van der Waals surface area contributed by atoms with E-state index in [0.717, 1.165) is 11.1 Å². The zero-order valence-corrected chi connectivity index (χ0v) is 16.5. The van der Waals surface area contributed by atoms with Gasteiger partial charge in [0, 0.05) is 6.07 Å². The largest absolute Gasteiger partial charge is 0.493 e. The van der Waals surface area contributed by atoms with E-state index in [2.05, 4.69) is 5.32 Å². The second-order valence-electron chi connectivity index (χ2n) is 6.60. The fourth-order valence-corrected chi connectivity index (χ4v) is 3.06. The number of nitrogens with one attached hydrogen (secondary N) is 1. The van der Waals surface area contributed by atoms with Crippen LogP contribution in [-0.4, -0.2) is 24.5 Å². The Morgan fingerprint density at radius 3 is 2.30 bits per heavy atom. The first-order valence-corrected chi connectivity index (χ1v) is 9.40. The average molecular weight is 406 g/mol. The topological polar surface area (TPSA) is 90.7 Å². The normalized spacial score (nSPS) is 11.4. The molecule has 7 heteroatoms. The molecule has 0 fully saturated rings. The van der Waals surface area contributed by atoms with E-state index in [1.807, 2.05) is 60.7 Å². The molecule has 1 amide bonds. The number of rotatable bonds is 9. The summed E-state index contributed by atoms with van der Waals surface area (Å²) in [4.78, 5) is 23.1. The van der Waals surface area contributed by atoms with Crippen molar-refractivity contribution in [2.24, 2.45) is 0 Å². The molecule has 1 N–H and O–H groups in total. The second kappa shape index (κ2) is 10.1. The second-order valence-corrected chi connectivity index (χ2v) is 6.60. The third-order valence-electron chi connectivity index (χ3n) is 4.54. The predicted octanol–water partition coefficient (Wildman–Crippen LogP) is 4.08. The number of hydrogen-bond acceptors (Lipinski definition) is 5. The number of non-ortho nitro benzene ring substituents is 1. The van der Waals surface area contributed by atoms with E-state index in [-0.39, 0.29) is 30.0 Å². The lowest BCUT2D eigenvalue weighted by Crippen LogP contribution is -2.33. The molecule has 0 spiro atoms. The summed E-state index contributed by atoms with van der Waals surface area (Å²) in [7, 11) is 1.43. The molecule has 0 bridgehead atoms. The Hall–Kier alpha value is -3.87. The van der Waals surface area contributed by atoms with Crippen molar-refractivity contribution in [1.82, 2.24) is 5.32 Å². The van der Waals surface area contributed by atoms with Crippen molar-refractivity contribution in [3.8, 4) is 11.5 Å². The number of nitro benzene ring substituents is 1. The molecule has 7 nitrogen and oxygen atoms in total. The van der Waals surface area contributed by atoms with E-state index >= 15 is 0 Å². The van der Waals surface area contributed by atoms with E-state index in [1.54, 1.807) is 0 Å². The van der Waals surface area contributed by atoms with Gasteiger partial charge in [-0.3, -0.25) is 14.9 Å². The van der Waals surface area contributed by atoms with E-state index in [9.17, 15) is 14.9 Å². The maximum absolute atomic E-state index is 12.6. The highest BCUT2D eigenvalue weighted by atomic mass is 16.6. The maximum atomic E-state index is 12.6. The quantitative estimate of drug-likeness (QED) is 0.427. The molecule has 0 saturated heterocycles. The molecule has 0 unspecified atom stereocenters. The number of carbonyl (C=O) groups is 1. The van der Waals surface area contributed by atoms with Crippen molar-refractivity contribution in [2.75, 3.05) is 13.7 Å². The van der Waals surface area contributed by atoms with Crippen LogP contribution in [0.1, 0.15) is 17.2 Å². The van der Waals surface area contributed by atoms with Gasteiger partial charge in [0.25, 0.3) is 11.6 Å². The summed E-state index contributed by atoms with van der Waals surface area (Å²) in [6.07, 6.45) is 0.622. The van der Waals surface area contributed by atoms with Crippen LogP contribution in [-0.2, 0) is 11.2 Å². The Balaban J connectivity index is 1.70. The van der Waals surface area contributed by atoms with Crippen LogP contribution in [0, 0.1) is 10.1 Å². The molecule has 3 rings (SSSR count). The van der Waals surface area contributed by atoms with Crippen LogP contribution in [0.5, 0.6) is 11.5 Å². The van der Waals surface area contributed by atoms with Crippen LogP contribution < -0.4 is 14.8 Å². The van der Waals surface area contributed by atoms with E-state index in [4.69, 9.17) is 9.47 Å². The van der Waals surface area contributed by atoms with Crippen molar-refractivity contribution in [3.05, 3.63) is 100 Å². The lowest BCUT2D eigenvalue weighted by Gasteiger charge is -2.20. The Morgan fingerprint density at radius 2 is 1.67 bits per heavy atom. The van der Waals surface area contributed by atoms with E-state index < -0.39 is 4.92 Å². The molecule has 0 aliphatic carbocycles. The first-order valence-electron chi connectivity index (χ1n) is 9.40. The first-order chi connectivity index (χ1) is 14.6. The molecule has 0 radical (unpaired) electrons. The Kier molecular flexibility index (Phi) is 7.00. The molecule has 30 heavy (non-hydrogen) atoms. The minimum absolute atomic E-state index is 0.140. The highest BCUT2D eigenvalue weighted by molar-refractivity contribution is 5.78. The summed E-state index contributed by atoms with van der Waals surface area (Å²) in [6.45, 7) is -0.296. The van der Waals surface area contributed by atoms with Gasteiger partial charge < -0.3 is 14.8 Å². The molecule has 154 valence electrons. The number of ether oxygens (including phenoxy) is 2. The first kappa shape index (κ1) is 20.9. The van der Waals surface area contributed by atoms with Crippen molar-refractivity contribution in [2.45, 2.75) is 12.5 Å². The van der Waals surface area contributed by atoms with Gasteiger partial charge in [-0.15, -0.1) is 0 Å². The molecular weight excluding hydrogens is 384 g/mol. The van der Waals surface area contributed by atoms with Crippen LogP contribution in [0.3, 0.4) is 0 Å². The van der Waals surface area contributed by atoms with E-state index in [1.165, 1.54) is 25.3 Å². The Bertz CT molecular complexity index is 993. The van der Waals surface area contributed by atoms with Crippen molar-refractivity contribution >= 4 is 11.6 Å². The lowest BCUT2D eigenvalue weighted by molar-refractivity contribution is -0.385. The molecule has 0 aliphatic rings. The molecule has 0 aromatic heterocycles. The fourth-order valence-electron chi connectivity index (χ4n) is 3.06. The van der Waals surface area contributed by atoms with Crippen molar-refractivity contribution in [1.29, 1.82) is 0 Å². The van der Waals surface area contributed by atoms with Crippen LogP contribution in [0.4, 0.5) is 5.69 Å². The van der Waals surface area contributed by atoms with Crippen LogP contribution in [0.15, 0.2) is 78.9 Å². The predicted molar refractivity (Wildman–Crippen MR) is 113 cm³/mol. The Morgan fingerprint density at radius 1 is 1.00 bits per heavy atom. The van der Waals surface area contributed by atoms with Crippen molar-refractivity contribution in [3.63, 3.8) is 0 Å². The van der Waals surface area contributed by atoms with Crippen molar-refractivity contribution < 1.29 is 19.2 Å². The maximum Gasteiger partial charge on any atom is 0.273 e. The van der Waals surface area contributed by atoms with Gasteiger partial charge in [-0.1, -0.05) is 60.7 Å². The monoisotopic (exact) mass is 406 g/mol. The molecule has 3 aromatic rings. The lowest BCUT2D eigenvalue weighted by atomic mass is 9.99. The smallest absolute Gasteiger partial charge is 0.273 e.